The fourth-order valence-electron chi connectivity index (χ4n) is 3.43. The number of amides is 1. The minimum absolute atomic E-state index is 0.147. The molecule has 0 unspecified atom stereocenters. The van der Waals surface area contributed by atoms with Gasteiger partial charge in [-0.25, -0.2) is 13.4 Å². The van der Waals surface area contributed by atoms with Crippen molar-refractivity contribution in [3.05, 3.63) is 88.4 Å². The highest BCUT2D eigenvalue weighted by Gasteiger charge is 2.23. The normalized spacial score (nSPS) is 11.6. The van der Waals surface area contributed by atoms with Crippen LogP contribution in [0.2, 0.25) is 5.02 Å². The van der Waals surface area contributed by atoms with E-state index in [1.807, 2.05) is 50.2 Å². The summed E-state index contributed by atoms with van der Waals surface area (Å²) >= 11 is 7.30. The van der Waals surface area contributed by atoms with Crippen molar-refractivity contribution in [2.45, 2.75) is 31.7 Å². The molecule has 0 saturated heterocycles. The van der Waals surface area contributed by atoms with E-state index >= 15 is 0 Å². The Labute approximate surface area is 202 Å². The van der Waals surface area contributed by atoms with Crippen molar-refractivity contribution in [3.8, 4) is 0 Å². The van der Waals surface area contributed by atoms with Crippen molar-refractivity contribution in [1.82, 2.24) is 4.98 Å². The minimum Gasteiger partial charge on any atom is -0.284 e. The fraction of sp³-hybridized carbons (Fsp3) is 0.200. The Morgan fingerprint density at radius 1 is 1.00 bits per heavy atom. The molecule has 8 heteroatoms. The van der Waals surface area contributed by atoms with Crippen molar-refractivity contribution >= 4 is 54.0 Å². The van der Waals surface area contributed by atoms with Crippen molar-refractivity contribution in [1.29, 1.82) is 0 Å². The summed E-state index contributed by atoms with van der Waals surface area (Å²) in [6, 6.07) is 19.7. The van der Waals surface area contributed by atoms with Crippen LogP contribution < -0.4 is 4.90 Å². The Hall–Kier alpha value is -2.74. The number of halogens is 1. The molecule has 5 nitrogen and oxygen atoms in total. The van der Waals surface area contributed by atoms with Crippen LogP contribution in [0.4, 0.5) is 5.13 Å². The Morgan fingerprint density at radius 3 is 2.36 bits per heavy atom. The molecule has 1 aromatic heterocycles. The molecule has 0 spiro atoms. The number of sulfone groups is 1. The second-order valence-electron chi connectivity index (χ2n) is 7.89. The minimum atomic E-state index is -3.62. The van der Waals surface area contributed by atoms with Gasteiger partial charge >= 0.3 is 0 Å². The van der Waals surface area contributed by atoms with Crippen LogP contribution >= 0.6 is 22.9 Å². The third-order valence-corrected chi connectivity index (χ3v) is 8.49. The lowest BCUT2D eigenvalue weighted by molar-refractivity contribution is -0.118. The first-order chi connectivity index (χ1) is 15.7. The number of aryl methyl sites for hydroxylation is 2. The van der Waals surface area contributed by atoms with Gasteiger partial charge in [0.1, 0.15) is 0 Å². The van der Waals surface area contributed by atoms with Crippen LogP contribution in [0.5, 0.6) is 0 Å². The average Bonchev–Trinajstić information content (AvgIpc) is 3.19. The van der Waals surface area contributed by atoms with Crippen LogP contribution in [0.15, 0.2) is 71.6 Å². The molecule has 4 aromatic rings. The first kappa shape index (κ1) is 23.4. The van der Waals surface area contributed by atoms with Gasteiger partial charge in [0, 0.05) is 11.4 Å². The fourth-order valence-corrected chi connectivity index (χ4v) is 5.85. The Kier molecular flexibility index (Phi) is 6.83. The van der Waals surface area contributed by atoms with E-state index in [9.17, 15) is 13.2 Å². The number of thiazole rings is 1. The second kappa shape index (κ2) is 9.63. The number of anilines is 1. The van der Waals surface area contributed by atoms with Gasteiger partial charge < -0.3 is 0 Å². The molecule has 0 aliphatic heterocycles. The van der Waals surface area contributed by atoms with E-state index in [0.29, 0.717) is 16.7 Å². The zero-order valence-electron chi connectivity index (χ0n) is 18.3. The summed E-state index contributed by atoms with van der Waals surface area (Å²) in [7, 11) is -3.62. The van der Waals surface area contributed by atoms with Gasteiger partial charge in [0.25, 0.3) is 0 Å². The van der Waals surface area contributed by atoms with E-state index in [-0.39, 0.29) is 23.0 Å². The van der Waals surface area contributed by atoms with E-state index in [0.717, 1.165) is 26.9 Å². The number of hydrogen-bond acceptors (Lipinski definition) is 5. The number of rotatable bonds is 7. The highest BCUT2D eigenvalue weighted by Crippen LogP contribution is 2.32. The maximum Gasteiger partial charge on any atom is 0.230 e. The molecule has 0 fully saturated rings. The first-order valence-electron chi connectivity index (χ1n) is 10.4. The summed E-state index contributed by atoms with van der Waals surface area (Å²) in [5.41, 5.74) is 4.07. The van der Waals surface area contributed by atoms with Gasteiger partial charge in [0.15, 0.2) is 15.0 Å². The van der Waals surface area contributed by atoms with E-state index in [1.165, 1.54) is 35.6 Å². The standard InChI is InChI=1S/C25H23ClN2O3S2/c1-17-14-22-23(15-18(17)2)32-25(27-22)28(16-19-6-4-3-5-7-19)24(29)12-13-33(30,31)21-10-8-20(26)9-11-21/h3-11,14-15H,12-13,16H2,1-2H3. The summed E-state index contributed by atoms with van der Waals surface area (Å²) in [5, 5.41) is 1.02. The van der Waals surface area contributed by atoms with Crippen LogP contribution in [-0.2, 0) is 21.2 Å². The summed E-state index contributed by atoms with van der Waals surface area (Å²) in [4.78, 5) is 19.7. The Bertz CT molecular complexity index is 1360. The zero-order valence-corrected chi connectivity index (χ0v) is 20.7. The topological polar surface area (TPSA) is 67.3 Å². The van der Waals surface area contributed by atoms with Crippen molar-refractivity contribution in [3.63, 3.8) is 0 Å². The number of nitrogens with zero attached hydrogens (tertiary/aromatic N) is 2. The molecule has 0 N–H and O–H groups in total. The lowest BCUT2D eigenvalue weighted by atomic mass is 10.1. The molecule has 0 aliphatic rings. The van der Waals surface area contributed by atoms with Gasteiger partial charge in [-0.2, -0.15) is 0 Å². The number of carbonyl (C=O) groups is 1. The van der Waals surface area contributed by atoms with Gasteiger partial charge in [-0.05, 0) is 66.9 Å². The van der Waals surface area contributed by atoms with Crippen molar-refractivity contribution < 1.29 is 13.2 Å². The van der Waals surface area contributed by atoms with Gasteiger partial charge in [0.2, 0.25) is 5.91 Å². The highest BCUT2D eigenvalue weighted by atomic mass is 35.5. The first-order valence-corrected chi connectivity index (χ1v) is 13.3. The molecule has 0 atom stereocenters. The van der Waals surface area contributed by atoms with E-state index in [1.54, 1.807) is 4.90 Å². The van der Waals surface area contributed by atoms with Crippen LogP contribution in [0.1, 0.15) is 23.1 Å². The Morgan fingerprint density at radius 2 is 1.67 bits per heavy atom. The molecule has 0 bridgehead atoms. The number of fused-ring (bicyclic) bond motifs is 1. The molecule has 1 heterocycles. The molecule has 33 heavy (non-hydrogen) atoms. The monoisotopic (exact) mass is 498 g/mol. The predicted octanol–water partition coefficient (Wildman–Crippen LogP) is 5.96. The van der Waals surface area contributed by atoms with Gasteiger partial charge in [-0.15, -0.1) is 0 Å². The third kappa shape index (κ3) is 5.43. The molecule has 1 amide bonds. The molecule has 3 aromatic carbocycles. The molecule has 0 saturated carbocycles. The van der Waals surface area contributed by atoms with Crippen molar-refractivity contribution in [2.75, 3.05) is 10.7 Å². The van der Waals surface area contributed by atoms with Gasteiger partial charge in [0.05, 0.1) is 27.4 Å². The lowest BCUT2D eigenvalue weighted by Crippen LogP contribution is -2.31. The number of hydrogen-bond donors (Lipinski definition) is 0. The number of aromatic nitrogens is 1. The quantitative estimate of drug-likeness (QED) is 0.315. The lowest BCUT2D eigenvalue weighted by Gasteiger charge is -2.20. The van der Waals surface area contributed by atoms with E-state index < -0.39 is 9.84 Å². The SMILES string of the molecule is Cc1cc2nc(N(Cc3ccccc3)C(=O)CCS(=O)(=O)c3ccc(Cl)cc3)sc2cc1C. The highest BCUT2D eigenvalue weighted by molar-refractivity contribution is 7.91. The summed E-state index contributed by atoms with van der Waals surface area (Å²) in [6.07, 6.45) is -0.147. The third-order valence-electron chi connectivity index (χ3n) is 5.47. The predicted molar refractivity (Wildman–Crippen MR) is 135 cm³/mol. The molecular weight excluding hydrogens is 476 g/mol. The maximum atomic E-state index is 13.3. The molecule has 0 radical (unpaired) electrons. The number of benzene rings is 3. The van der Waals surface area contributed by atoms with E-state index in [2.05, 4.69) is 6.07 Å². The van der Waals surface area contributed by atoms with Crippen LogP contribution in [0.25, 0.3) is 10.2 Å². The van der Waals surface area contributed by atoms with Gasteiger partial charge in [-0.3, -0.25) is 9.69 Å². The molecule has 170 valence electrons. The largest absolute Gasteiger partial charge is 0.284 e. The second-order valence-corrected chi connectivity index (χ2v) is 11.4. The maximum absolute atomic E-state index is 13.3. The van der Waals surface area contributed by atoms with Crippen molar-refractivity contribution in [2.24, 2.45) is 0 Å². The van der Waals surface area contributed by atoms with Crippen LogP contribution in [0, 0.1) is 13.8 Å². The summed E-state index contributed by atoms with van der Waals surface area (Å²) in [6.45, 7) is 4.39. The van der Waals surface area contributed by atoms with E-state index in [4.69, 9.17) is 16.6 Å². The Balaban J connectivity index is 1.62. The van der Waals surface area contributed by atoms with Crippen LogP contribution in [-0.4, -0.2) is 25.1 Å². The molecule has 4 rings (SSSR count). The molecule has 0 aliphatic carbocycles. The average molecular weight is 499 g/mol. The van der Waals surface area contributed by atoms with Gasteiger partial charge in [-0.1, -0.05) is 53.3 Å². The summed E-state index contributed by atoms with van der Waals surface area (Å²) < 4.78 is 26.5. The summed E-state index contributed by atoms with van der Waals surface area (Å²) in [5.74, 6) is -0.578. The zero-order chi connectivity index (χ0) is 23.6. The number of carbonyl (C=O) groups excluding carboxylic acids is 1. The van der Waals surface area contributed by atoms with Crippen LogP contribution in [0.3, 0.4) is 0 Å². The smallest absolute Gasteiger partial charge is 0.230 e. The molecular formula is C25H23ClN2O3S2.